The van der Waals surface area contributed by atoms with Crippen LogP contribution in [0, 0.1) is 0 Å². The zero-order valence-electron chi connectivity index (χ0n) is 14.8. The van der Waals surface area contributed by atoms with Crippen molar-refractivity contribution in [3.8, 4) is 5.69 Å². The second-order valence-corrected chi connectivity index (χ2v) is 7.08. The molecule has 0 spiro atoms. The number of ether oxygens (including phenoxy) is 1. The summed E-state index contributed by atoms with van der Waals surface area (Å²) >= 11 is 0. The molecule has 0 radical (unpaired) electrons. The lowest BCUT2D eigenvalue weighted by Crippen LogP contribution is -2.57. The van der Waals surface area contributed by atoms with E-state index >= 15 is 0 Å². The van der Waals surface area contributed by atoms with Gasteiger partial charge in [0.25, 0.3) is 0 Å². The fourth-order valence-electron chi connectivity index (χ4n) is 3.12. The smallest absolute Gasteiger partial charge is 0.247 e. The summed E-state index contributed by atoms with van der Waals surface area (Å²) in [5.74, 6) is 0.656. The molecule has 7 heteroatoms. The van der Waals surface area contributed by atoms with Gasteiger partial charge < -0.3 is 10.1 Å². The minimum absolute atomic E-state index is 0.0280. The highest BCUT2D eigenvalue weighted by Gasteiger charge is 2.33. The quantitative estimate of drug-likeness (QED) is 0.904. The van der Waals surface area contributed by atoms with Gasteiger partial charge in [-0.1, -0.05) is 23.3 Å². The highest BCUT2D eigenvalue weighted by molar-refractivity contribution is 5.38. The number of hydrogen-bond donors (Lipinski definition) is 1. The van der Waals surface area contributed by atoms with Crippen LogP contribution < -0.4 is 5.32 Å². The largest absolute Gasteiger partial charge is 0.373 e. The molecule has 130 valence electrons. The van der Waals surface area contributed by atoms with Gasteiger partial charge in [-0.3, -0.25) is 4.90 Å². The number of para-hydroxylation sites is 1. The second kappa shape index (κ2) is 6.86. The maximum Gasteiger partial charge on any atom is 0.247 e. The highest BCUT2D eigenvalue weighted by atomic mass is 16.5. The number of benzene rings is 1. The average Bonchev–Trinajstić information content (AvgIpc) is 3.01. The van der Waals surface area contributed by atoms with Gasteiger partial charge in [-0.05, 0) is 50.3 Å². The van der Waals surface area contributed by atoms with Crippen LogP contribution in [0.3, 0.4) is 0 Å². The highest BCUT2D eigenvalue weighted by Crippen LogP contribution is 2.22. The fourth-order valence-corrected chi connectivity index (χ4v) is 3.12. The first kappa shape index (κ1) is 16.9. The summed E-state index contributed by atoms with van der Waals surface area (Å²) in [5, 5.41) is 15.4. The summed E-state index contributed by atoms with van der Waals surface area (Å²) in [6, 6.07) is 9.89. The Morgan fingerprint density at radius 3 is 2.50 bits per heavy atom. The minimum Gasteiger partial charge on any atom is -0.373 e. The first-order valence-corrected chi connectivity index (χ1v) is 8.44. The number of tetrazole rings is 1. The van der Waals surface area contributed by atoms with Gasteiger partial charge in [0.2, 0.25) is 5.95 Å². The van der Waals surface area contributed by atoms with Crippen LogP contribution in [0.1, 0.15) is 27.7 Å². The Hall–Kier alpha value is -1.99. The molecule has 0 aliphatic carbocycles. The third-order valence-corrected chi connectivity index (χ3v) is 4.43. The van der Waals surface area contributed by atoms with E-state index in [0.29, 0.717) is 5.95 Å². The van der Waals surface area contributed by atoms with Crippen LogP contribution in [0.15, 0.2) is 30.3 Å². The third kappa shape index (κ3) is 3.73. The first-order valence-electron chi connectivity index (χ1n) is 8.44. The number of morpholine rings is 1. The Morgan fingerprint density at radius 2 is 1.83 bits per heavy atom. The van der Waals surface area contributed by atoms with E-state index in [9.17, 15) is 0 Å². The molecular formula is C17H26N6O. The van der Waals surface area contributed by atoms with Crippen molar-refractivity contribution >= 4 is 5.95 Å². The summed E-state index contributed by atoms with van der Waals surface area (Å²) in [5.41, 5.74) is 0.913. The summed E-state index contributed by atoms with van der Waals surface area (Å²) in [6.07, 6.45) is 0.505. The summed E-state index contributed by atoms with van der Waals surface area (Å²) < 4.78 is 7.56. The van der Waals surface area contributed by atoms with Crippen molar-refractivity contribution in [1.29, 1.82) is 0 Å². The molecule has 1 aliphatic heterocycles. The maximum absolute atomic E-state index is 5.84. The topological polar surface area (TPSA) is 68.1 Å². The molecule has 1 saturated heterocycles. The number of nitrogens with zero attached hydrogens (tertiary/aromatic N) is 5. The van der Waals surface area contributed by atoms with Gasteiger partial charge in [0.15, 0.2) is 0 Å². The van der Waals surface area contributed by atoms with Crippen LogP contribution in [0.25, 0.3) is 5.69 Å². The van der Waals surface area contributed by atoms with E-state index in [0.717, 1.165) is 25.3 Å². The molecule has 2 atom stereocenters. The number of aromatic nitrogens is 4. The Morgan fingerprint density at radius 1 is 1.17 bits per heavy atom. The third-order valence-electron chi connectivity index (χ3n) is 4.43. The van der Waals surface area contributed by atoms with Crippen LogP contribution in [0.4, 0.5) is 5.95 Å². The zero-order chi connectivity index (χ0) is 17.2. The predicted octanol–water partition coefficient (Wildman–Crippen LogP) is 1.96. The lowest BCUT2D eigenvalue weighted by Gasteiger charge is -2.45. The van der Waals surface area contributed by atoms with Crippen molar-refractivity contribution in [1.82, 2.24) is 25.1 Å². The standard InChI is InChI=1S/C17H26N6O/c1-13-10-22(11-14(2)24-13)17(3,4)12-18-16-19-20-21-23(16)15-8-6-5-7-9-15/h5-9,13-14H,10-12H2,1-4H3,(H,18,19,21). The van der Waals surface area contributed by atoms with Crippen molar-refractivity contribution in [2.45, 2.75) is 45.4 Å². The van der Waals surface area contributed by atoms with Crippen LogP contribution >= 0.6 is 0 Å². The number of anilines is 1. The molecule has 1 aliphatic rings. The molecule has 1 fully saturated rings. The molecule has 0 bridgehead atoms. The Bertz CT molecular complexity index is 646. The first-order chi connectivity index (χ1) is 11.5. The van der Waals surface area contributed by atoms with Crippen molar-refractivity contribution in [3.63, 3.8) is 0 Å². The molecule has 2 unspecified atom stereocenters. The van der Waals surface area contributed by atoms with Crippen LogP contribution in [0.5, 0.6) is 0 Å². The zero-order valence-corrected chi connectivity index (χ0v) is 14.8. The van der Waals surface area contributed by atoms with E-state index in [1.165, 1.54) is 0 Å². The van der Waals surface area contributed by atoms with E-state index in [-0.39, 0.29) is 17.7 Å². The van der Waals surface area contributed by atoms with Crippen molar-refractivity contribution < 1.29 is 4.74 Å². The summed E-state index contributed by atoms with van der Waals surface area (Å²) in [6.45, 7) is 11.3. The van der Waals surface area contributed by atoms with Crippen LogP contribution in [-0.2, 0) is 4.74 Å². The van der Waals surface area contributed by atoms with Crippen molar-refractivity contribution in [2.75, 3.05) is 25.0 Å². The SMILES string of the molecule is CC1CN(C(C)(C)CNc2nnnn2-c2ccccc2)CC(C)O1. The van der Waals surface area contributed by atoms with Crippen LogP contribution in [-0.4, -0.2) is 62.5 Å². The minimum atomic E-state index is -0.0280. The van der Waals surface area contributed by atoms with Gasteiger partial charge in [0.05, 0.1) is 17.9 Å². The number of rotatable bonds is 5. The van der Waals surface area contributed by atoms with Crippen molar-refractivity contribution in [3.05, 3.63) is 30.3 Å². The van der Waals surface area contributed by atoms with Gasteiger partial charge >= 0.3 is 0 Å². The Balaban J connectivity index is 1.68. The molecule has 1 aromatic heterocycles. The van der Waals surface area contributed by atoms with E-state index in [2.05, 4.69) is 53.4 Å². The van der Waals surface area contributed by atoms with E-state index in [1.807, 2.05) is 30.3 Å². The van der Waals surface area contributed by atoms with Gasteiger partial charge in [0, 0.05) is 25.2 Å². The van der Waals surface area contributed by atoms with E-state index in [1.54, 1.807) is 4.68 Å². The van der Waals surface area contributed by atoms with Gasteiger partial charge in [-0.15, -0.1) is 0 Å². The lowest BCUT2D eigenvalue weighted by atomic mass is 10.00. The average molecular weight is 330 g/mol. The predicted molar refractivity (Wildman–Crippen MR) is 93.3 cm³/mol. The molecule has 1 N–H and O–H groups in total. The summed E-state index contributed by atoms with van der Waals surface area (Å²) in [7, 11) is 0. The summed E-state index contributed by atoms with van der Waals surface area (Å²) in [4.78, 5) is 2.47. The molecule has 3 rings (SSSR count). The van der Waals surface area contributed by atoms with E-state index in [4.69, 9.17) is 4.74 Å². The maximum atomic E-state index is 5.84. The molecule has 0 saturated carbocycles. The molecule has 2 heterocycles. The molecule has 0 amide bonds. The Kier molecular flexibility index (Phi) is 4.82. The van der Waals surface area contributed by atoms with Gasteiger partial charge in [-0.2, -0.15) is 4.68 Å². The number of nitrogens with one attached hydrogen (secondary N) is 1. The van der Waals surface area contributed by atoms with Crippen LogP contribution in [0.2, 0.25) is 0 Å². The molecule has 2 aromatic rings. The van der Waals surface area contributed by atoms with Gasteiger partial charge in [-0.25, -0.2) is 0 Å². The molecular weight excluding hydrogens is 304 g/mol. The Labute approximate surface area is 143 Å². The lowest BCUT2D eigenvalue weighted by molar-refractivity contribution is -0.0933. The molecule has 24 heavy (non-hydrogen) atoms. The fraction of sp³-hybridized carbons (Fsp3) is 0.588. The second-order valence-electron chi connectivity index (χ2n) is 7.08. The van der Waals surface area contributed by atoms with E-state index < -0.39 is 0 Å². The monoisotopic (exact) mass is 330 g/mol. The number of hydrogen-bond acceptors (Lipinski definition) is 6. The molecule has 7 nitrogen and oxygen atoms in total. The van der Waals surface area contributed by atoms with Crippen molar-refractivity contribution in [2.24, 2.45) is 0 Å². The molecule has 1 aromatic carbocycles. The normalized spacial score (nSPS) is 22.5. The van der Waals surface area contributed by atoms with Gasteiger partial charge in [0.1, 0.15) is 0 Å².